The van der Waals surface area contributed by atoms with E-state index in [9.17, 15) is 13.2 Å². The fourth-order valence-corrected chi connectivity index (χ4v) is 4.57. The number of hydrogen-bond donors (Lipinski definition) is 0. The molecule has 1 aromatic carbocycles. The number of nitrogens with zero attached hydrogens (tertiary/aromatic N) is 3. The Kier molecular flexibility index (Phi) is 4.71. The Balaban J connectivity index is 1.46. The number of hydrogen-bond acceptors (Lipinski definition) is 6. The van der Waals surface area contributed by atoms with Gasteiger partial charge in [0.05, 0.1) is 10.5 Å². The van der Waals surface area contributed by atoms with Crippen LogP contribution in [-0.4, -0.2) is 67.9 Å². The minimum Gasteiger partial charge on any atom is -0.486 e. The highest BCUT2D eigenvalue weighted by Crippen LogP contribution is 2.33. The fraction of sp³-hybridized carbons (Fsp3) is 0.333. The number of carbonyl (C=O) groups is 1. The van der Waals surface area contributed by atoms with Gasteiger partial charge in [0, 0.05) is 44.6 Å². The number of benzene rings is 1. The van der Waals surface area contributed by atoms with Gasteiger partial charge in [-0.2, -0.15) is 4.31 Å². The van der Waals surface area contributed by atoms with Gasteiger partial charge in [0.2, 0.25) is 10.0 Å². The number of ether oxygens (including phenoxy) is 2. The molecule has 3 heterocycles. The predicted octanol–water partition coefficient (Wildman–Crippen LogP) is 1.000. The molecule has 0 saturated carbocycles. The van der Waals surface area contributed by atoms with E-state index in [-0.39, 0.29) is 23.9 Å². The van der Waals surface area contributed by atoms with Crippen molar-refractivity contribution >= 4 is 15.9 Å². The molecule has 9 heteroatoms. The van der Waals surface area contributed by atoms with Crippen LogP contribution in [0.3, 0.4) is 0 Å². The average molecular weight is 389 g/mol. The summed E-state index contributed by atoms with van der Waals surface area (Å²) < 4.78 is 38.2. The summed E-state index contributed by atoms with van der Waals surface area (Å²) in [6, 6.07) is 8.04. The first kappa shape index (κ1) is 17.7. The molecular formula is C18H19N3O5S. The monoisotopic (exact) mass is 389 g/mol. The average Bonchev–Trinajstić information content (AvgIpc) is 2.73. The highest BCUT2D eigenvalue weighted by atomic mass is 32.2. The highest BCUT2D eigenvalue weighted by Gasteiger charge is 2.31. The molecule has 8 nitrogen and oxygen atoms in total. The fourth-order valence-electron chi connectivity index (χ4n) is 3.14. The normalized spacial score (nSPS) is 17.6. The second-order valence-corrected chi connectivity index (χ2v) is 8.18. The molecule has 0 bridgehead atoms. The van der Waals surface area contributed by atoms with E-state index in [1.807, 2.05) is 0 Å². The first-order chi connectivity index (χ1) is 13.1. The molecule has 27 heavy (non-hydrogen) atoms. The molecular weight excluding hydrogens is 370 g/mol. The third-order valence-corrected chi connectivity index (χ3v) is 6.48. The minimum absolute atomic E-state index is 0.139. The zero-order chi connectivity index (χ0) is 18.9. The number of sulfonamides is 1. The molecule has 0 aliphatic carbocycles. The molecule has 2 aromatic rings. The van der Waals surface area contributed by atoms with E-state index in [0.29, 0.717) is 43.4 Å². The molecule has 2 aliphatic rings. The Bertz CT molecular complexity index is 941. The third kappa shape index (κ3) is 3.47. The van der Waals surface area contributed by atoms with Crippen LogP contribution in [0.25, 0.3) is 0 Å². The van der Waals surface area contributed by atoms with E-state index in [2.05, 4.69) is 4.98 Å². The Labute approximate surface area is 157 Å². The van der Waals surface area contributed by atoms with Crippen LogP contribution >= 0.6 is 0 Å². The van der Waals surface area contributed by atoms with Crippen molar-refractivity contribution in [3.05, 3.63) is 48.3 Å². The number of carbonyl (C=O) groups excluding carboxylic acids is 1. The summed E-state index contributed by atoms with van der Waals surface area (Å²) in [5.74, 6) is 0.847. The van der Waals surface area contributed by atoms with Crippen molar-refractivity contribution in [2.75, 3.05) is 39.4 Å². The second kappa shape index (κ2) is 7.16. The first-order valence-corrected chi connectivity index (χ1v) is 10.1. The van der Waals surface area contributed by atoms with E-state index in [1.54, 1.807) is 29.3 Å². The van der Waals surface area contributed by atoms with Crippen LogP contribution in [0.5, 0.6) is 11.5 Å². The topological polar surface area (TPSA) is 89.0 Å². The van der Waals surface area contributed by atoms with Gasteiger partial charge in [-0.15, -0.1) is 0 Å². The highest BCUT2D eigenvalue weighted by molar-refractivity contribution is 7.89. The van der Waals surface area contributed by atoms with Crippen LogP contribution in [0.1, 0.15) is 10.4 Å². The maximum atomic E-state index is 12.9. The molecule has 1 aromatic heterocycles. The van der Waals surface area contributed by atoms with E-state index in [4.69, 9.17) is 9.47 Å². The quantitative estimate of drug-likeness (QED) is 0.778. The van der Waals surface area contributed by atoms with Gasteiger partial charge in [-0.25, -0.2) is 8.42 Å². The van der Waals surface area contributed by atoms with Crippen LogP contribution in [0, 0.1) is 0 Å². The number of pyridine rings is 1. The molecule has 1 fully saturated rings. The second-order valence-electron chi connectivity index (χ2n) is 6.24. The van der Waals surface area contributed by atoms with Crippen LogP contribution in [0.2, 0.25) is 0 Å². The summed E-state index contributed by atoms with van der Waals surface area (Å²) in [5.41, 5.74) is 0.501. The molecule has 4 rings (SSSR count). The van der Waals surface area contributed by atoms with Crippen molar-refractivity contribution < 1.29 is 22.7 Å². The Morgan fingerprint density at radius 3 is 2.44 bits per heavy atom. The maximum Gasteiger partial charge on any atom is 0.255 e. The Hall–Kier alpha value is -2.65. The summed E-state index contributed by atoms with van der Waals surface area (Å²) in [6.07, 6.45) is 3.12. The molecule has 2 aliphatic heterocycles. The lowest BCUT2D eigenvalue weighted by molar-refractivity contribution is 0.0697. The number of amides is 1. The van der Waals surface area contributed by atoms with E-state index in [0.717, 1.165) is 0 Å². The van der Waals surface area contributed by atoms with Gasteiger partial charge in [-0.05, 0) is 24.3 Å². The van der Waals surface area contributed by atoms with Crippen molar-refractivity contribution in [3.8, 4) is 11.5 Å². The summed E-state index contributed by atoms with van der Waals surface area (Å²) in [4.78, 5) is 18.2. The van der Waals surface area contributed by atoms with Crippen molar-refractivity contribution in [1.29, 1.82) is 0 Å². The number of piperazine rings is 1. The van der Waals surface area contributed by atoms with E-state index < -0.39 is 10.0 Å². The van der Waals surface area contributed by atoms with Gasteiger partial charge in [-0.1, -0.05) is 0 Å². The largest absolute Gasteiger partial charge is 0.486 e. The standard InChI is InChI=1S/C18H19N3O5S/c22-18(14-2-1-5-19-13-14)20-6-8-21(9-7-20)27(23,24)15-3-4-16-17(12-15)26-11-10-25-16/h1-5,12-13H,6-11H2. The first-order valence-electron chi connectivity index (χ1n) is 8.65. The molecule has 0 spiro atoms. The minimum atomic E-state index is -3.66. The van der Waals surface area contributed by atoms with E-state index in [1.165, 1.54) is 22.6 Å². The van der Waals surface area contributed by atoms with Crippen LogP contribution in [0.4, 0.5) is 0 Å². The Morgan fingerprint density at radius 1 is 1.00 bits per heavy atom. The van der Waals surface area contributed by atoms with Crippen molar-refractivity contribution in [3.63, 3.8) is 0 Å². The van der Waals surface area contributed by atoms with Crippen molar-refractivity contribution in [2.24, 2.45) is 0 Å². The lowest BCUT2D eigenvalue weighted by atomic mass is 10.2. The summed E-state index contributed by atoms with van der Waals surface area (Å²) >= 11 is 0. The number of aromatic nitrogens is 1. The molecule has 142 valence electrons. The summed E-state index contributed by atoms with van der Waals surface area (Å²) in [6.45, 7) is 1.98. The molecule has 0 radical (unpaired) electrons. The lowest BCUT2D eigenvalue weighted by Crippen LogP contribution is -2.50. The third-order valence-electron chi connectivity index (χ3n) is 4.59. The molecule has 0 atom stereocenters. The van der Waals surface area contributed by atoms with Gasteiger partial charge < -0.3 is 14.4 Å². The van der Waals surface area contributed by atoms with Crippen molar-refractivity contribution in [2.45, 2.75) is 4.90 Å². The Morgan fingerprint density at radius 2 is 1.74 bits per heavy atom. The van der Waals surface area contributed by atoms with Crippen molar-refractivity contribution in [1.82, 2.24) is 14.2 Å². The summed E-state index contributed by atoms with van der Waals surface area (Å²) in [5, 5.41) is 0. The summed E-state index contributed by atoms with van der Waals surface area (Å²) in [7, 11) is -3.66. The molecule has 0 unspecified atom stereocenters. The van der Waals surface area contributed by atoms with Crippen LogP contribution < -0.4 is 9.47 Å². The number of rotatable bonds is 3. The van der Waals surface area contributed by atoms with Gasteiger partial charge in [0.25, 0.3) is 5.91 Å². The smallest absolute Gasteiger partial charge is 0.255 e. The van der Waals surface area contributed by atoms with Crippen LogP contribution in [0.15, 0.2) is 47.6 Å². The van der Waals surface area contributed by atoms with E-state index >= 15 is 0 Å². The van der Waals surface area contributed by atoms with Crippen LogP contribution in [-0.2, 0) is 10.0 Å². The van der Waals surface area contributed by atoms with Gasteiger partial charge in [-0.3, -0.25) is 9.78 Å². The van der Waals surface area contributed by atoms with Gasteiger partial charge in [0.1, 0.15) is 13.2 Å². The lowest BCUT2D eigenvalue weighted by Gasteiger charge is -2.34. The maximum absolute atomic E-state index is 12.9. The SMILES string of the molecule is O=C(c1cccnc1)N1CCN(S(=O)(=O)c2ccc3c(c2)OCCO3)CC1. The zero-order valence-corrected chi connectivity index (χ0v) is 15.4. The molecule has 1 saturated heterocycles. The van der Waals surface area contributed by atoms with Gasteiger partial charge in [0.15, 0.2) is 11.5 Å². The molecule has 1 amide bonds. The van der Waals surface area contributed by atoms with Gasteiger partial charge >= 0.3 is 0 Å². The zero-order valence-electron chi connectivity index (χ0n) is 14.6. The number of fused-ring (bicyclic) bond motifs is 1. The molecule has 0 N–H and O–H groups in total. The predicted molar refractivity (Wildman–Crippen MR) is 96.3 cm³/mol.